The molecule has 214 valence electrons. The largest absolute Gasteiger partial charge is 0.416 e. The summed E-state index contributed by atoms with van der Waals surface area (Å²) in [6.07, 6.45) is 5.65. The van der Waals surface area contributed by atoms with Gasteiger partial charge in [0.05, 0.1) is 5.56 Å². The molecule has 2 saturated carbocycles. The van der Waals surface area contributed by atoms with Gasteiger partial charge >= 0.3 is 6.18 Å². The summed E-state index contributed by atoms with van der Waals surface area (Å²) in [4.78, 5) is 40.5. The fraction of sp³-hybridized carbons (Fsp3) is 0.414. The fourth-order valence-electron chi connectivity index (χ4n) is 5.80. The number of nitrogens with one attached hydrogen (secondary N) is 2. The second kappa shape index (κ2) is 10.6. The Bertz CT molecular complexity index is 1430. The van der Waals surface area contributed by atoms with Crippen LogP contribution in [-0.4, -0.2) is 45.5 Å². The first-order valence-electron chi connectivity index (χ1n) is 13.8. The molecule has 2 aliphatic carbocycles. The van der Waals surface area contributed by atoms with Crippen molar-refractivity contribution >= 4 is 29.3 Å². The zero-order valence-electron chi connectivity index (χ0n) is 22.1. The van der Waals surface area contributed by atoms with E-state index in [2.05, 4.69) is 25.5 Å². The topological polar surface area (TPSA) is 125 Å². The number of carbonyl (C=O) groups excluding carboxylic acids is 2. The number of halogens is 3. The van der Waals surface area contributed by atoms with E-state index < -0.39 is 17.6 Å². The molecule has 2 fully saturated rings. The molecule has 4 aliphatic rings. The quantitative estimate of drug-likeness (QED) is 0.479. The Hall–Kier alpha value is -4.22. The van der Waals surface area contributed by atoms with Gasteiger partial charge in [0.25, 0.3) is 5.91 Å². The number of pyridine rings is 1. The van der Waals surface area contributed by atoms with Gasteiger partial charge in [-0.25, -0.2) is 9.98 Å². The number of rotatable bonds is 6. The minimum Gasteiger partial charge on any atom is -0.385 e. The molecule has 0 radical (unpaired) electrons. The summed E-state index contributed by atoms with van der Waals surface area (Å²) in [5, 5.41) is 5.65. The molecule has 4 atom stereocenters. The van der Waals surface area contributed by atoms with Crippen LogP contribution in [0.5, 0.6) is 0 Å². The van der Waals surface area contributed by atoms with Crippen molar-refractivity contribution in [2.45, 2.75) is 62.8 Å². The van der Waals surface area contributed by atoms with Crippen LogP contribution in [0.2, 0.25) is 0 Å². The van der Waals surface area contributed by atoms with Gasteiger partial charge in [-0.15, -0.1) is 0 Å². The molecule has 4 N–H and O–H groups in total. The molecule has 12 heteroatoms. The lowest BCUT2D eigenvalue weighted by molar-refractivity contribution is -0.137. The molecule has 2 amide bonds. The molecular weight excluding hydrogens is 535 g/mol. The van der Waals surface area contributed by atoms with Crippen molar-refractivity contribution in [2.24, 2.45) is 27.6 Å². The number of aromatic nitrogens is 1. The van der Waals surface area contributed by atoms with E-state index in [1.54, 1.807) is 30.5 Å². The van der Waals surface area contributed by atoms with E-state index in [1.807, 2.05) is 6.20 Å². The van der Waals surface area contributed by atoms with E-state index in [9.17, 15) is 22.8 Å². The highest BCUT2D eigenvalue weighted by atomic mass is 19.4. The summed E-state index contributed by atoms with van der Waals surface area (Å²) in [6, 6.07) is 7.83. The Morgan fingerprint density at radius 3 is 2.56 bits per heavy atom. The molecule has 9 nitrogen and oxygen atoms in total. The third-order valence-electron chi connectivity index (χ3n) is 8.07. The van der Waals surface area contributed by atoms with Crippen molar-refractivity contribution in [1.29, 1.82) is 0 Å². The Morgan fingerprint density at radius 1 is 1.05 bits per heavy atom. The predicted octanol–water partition coefficient (Wildman–Crippen LogP) is 4.40. The van der Waals surface area contributed by atoms with Crippen LogP contribution >= 0.6 is 0 Å². The van der Waals surface area contributed by atoms with Crippen molar-refractivity contribution in [1.82, 2.24) is 15.2 Å². The molecule has 0 bridgehead atoms. The summed E-state index contributed by atoms with van der Waals surface area (Å²) >= 11 is 0. The molecule has 2 aromatic rings. The average Bonchev–Trinajstić information content (AvgIpc) is 3.74. The number of nitrogens with two attached hydrogens (primary N) is 1. The number of amides is 2. The molecule has 1 aromatic heterocycles. The third kappa shape index (κ3) is 5.68. The lowest BCUT2D eigenvalue weighted by Gasteiger charge is -2.35. The maximum atomic E-state index is 13.0. The number of hydrogen-bond acceptors (Lipinski definition) is 7. The van der Waals surface area contributed by atoms with E-state index in [1.165, 1.54) is 0 Å². The summed E-state index contributed by atoms with van der Waals surface area (Å²) in [5.74, 6) is 1.05. The van der Waals surface area contributed by atoms with Crippen LogP contribution in [0.15, 0.2) is 65.0 Å². The number of anilines is 1. The summed E-state index contributed by atoms with van der Waals surface area (Å²) < 4.78 is 39.1. The van der Waals surface area contributed by atoms with Crippen molar-refractivity contribution < 1.29 is 22.8 Å². The van der Waals surface area contributed by atoms with E-state index >= 15 is 0 Å². The maximum absolute atomic E-state index is 13.0. The lowest BCUT2D eigenvalue weighted by atomic mass is 9.84. The van der Waals surface area contributed by atoms with Gasteiger partial charge in [0, 0.05) is 42.0 Å². The Balaban J connectivity index is 1.19. The Morgan fingerprint density at radius 2 is 1.83 bits per heavy atom. The molecule has 4 unspecified atom stereocenters. The van der Waals surface area contributed by atoms with Crippen LogP contribution in [0.25, 0.3) is 0 Å². The number of hydrogen-bond donors (Lipinski definition) is 3. The third-order valence-corrected chi connectivity index (χ3v) is 8.07. The van der Waals surface area contributed by atoms with Gasteiger partial charge in [-0.3, -0.25) is 14.6 Å². The second-order valence-electron chi connectivity index (χ2n) is 11.0. The van der Waals surface area contributed by atoms with Gasteiger partial charge in [-0.05, 0) is 61.9 Å². The first-order chi connectivity index (χ1) is 19.7. The average molecular weight is 566 g/mol. The molecule has 6 rings (SSSR count). The summed E-state index contributed by atoms with van der Waals surface area (Å²) in [5.41, 5.74) is 6.55. The minimum absolute atomic E-state index is 0.117. The molecule has 0 saturated heterocycles. The molecular formula is C29H30F3N7O2. The van der Waals surface area contributed by atoms with Crippen LogP contribution in [0.4, 0.5) is 19.0 Å². The monoisotopic (exact) mass is 565 g/mol. The second-order valence-corrected chi connectivity index (χ2v) is 11.0. The predicted molar refractivity (Wildman–Crippen MR) is 147 cm³/mol. The smallest absolute Gasteiger partial charge is 0.385 e. The Labute approximate surface area is 234 Å². The van der Waals surface area contributed by atoms with Crippen LogP contribution < -0.4 is 16.4 Å². The zero-order chi connectivity index (χ0) is 28.7. The maximum Gasteiger partial charge on any atom is 0.416 e. The van der Waals surface area contributed by atoms with Gasteiger partial charge in [-0.1, -0.05) is 18.6 Å². The summed E-state index contributed by atoms with van der Waals surface area (Å²) in [7, 11) is 0. The summed E-state index contributed by atoms with van der Waals surface area (Å²) in [6.45, 7) is 0. The number of aliphatic imine (C=N–C) groups is 2. The number of amidine groups is 2. The van der Waals surface area contributed by atoms with Gasteiger partial charge in [0.15, 0.2) is 0 Å². The van der Waals surface area contributed by atoms with Crippen molar-refractivity contribution in [2.75, 3.05) is 5.32 Å². The minimum atomic E-state index is -4.54. The first-order valence-corrected chi connectivity index (χ1v) is 13.8. The van der Waals surface area contributed by atoms with Crippen LogP contribution in [0.1, 0.15) is 66.1 Å². The number of nitrogens with zero attached hydrogens (tertiary/aromatic N) is 4. The van der Waals surface area contributed by atoms with Gasteiger partial charge in [-0.2, -0.15) is 13.2 Å². The van der Waals surface area contributed by atoms with Crippen LogP contribution in [0, 0.1) is 11.8 Å². The standard InChI is InChI=1S/C29H30F3N7O2/c30-29(31,32)20-10-11-34-22(15-20)37-28(41)18-6-4-16(5-7-18)23-24-25(33)35-12-13-39(24)26(38-23)19-2-1-3-21(14-19)36-27(40)17-8-9-17/h4-7,10-13,15,17,19,21,23-24H,1-3,8-9,14H2,(H2,33,35)(H,36,40)(H,34,37,41). The zero-order valence-corrected chi connectivity index (χ0v) is 22.1. The van der Waals surface area contributed by atoms with E-state index in [0.717, 1.165) is 68.3 Å². The molecule has 2 aliphatic heterocycles. The SMILES string of the molecule is NC1=NC=CN2C(C3CCCC(NC(=O)C4CC4)C3)=NC(c3ccc(C(=O)Nc4cc(C(F)(F)F)ccn4)cc3)C12. The lowest BCUT2D eigenvalue weighted by Crippen LogP contribution is -2.48. The van der Waals surface area contributed by atoms with Gasteiger partial charge in [0.2, 0.25) is 5.91 Å². The number of fused-ring (bicyclic) bond motifs is 1. The van der Waals surface area contributed by atoms with Crippen LogP contribution in [-0.2, 0) is 11.0 Å². The molecule has 3 heterocycles. The first kappa shape index (κ1) is 27.0. The molecule has 0 spiro atoms. The molecule has 41 heavy (non-hydrogen) atoms. The highest BCUT2D eigenvalue weighted by Crippen LogP contribution is 2.39. The fourth-order valence-corrected chi connectivity index (χ4v) is 5.80. The van der Waals surface area contributed by atoms with Crippen molar-refractivity contribution in [3.05, 3.63) is 71.7 Å². The molecule has 1 aromatic carbocycles. The van der Waals surface area contributed by atoms with E-state index in [4.69, 9.17) is 10.7 Å². The van der Waals surface area contributed by atoms with Gasteiger partial charge in [0.1, 0.15) is 29.6 Å². The normalized spacial score (nSPS) is 25.7. The highest BCUT2D eigenvalue weighted by Gasteiger charge is 2.43. The van der Waals surface area contributed by atoms with Crippen LogP contribution in [0.3, 0.4) is 0 Å². The van der Waals surface area contributed by atoms with Crippen molar-refractivity contribution in [3.63, 3.8) is 0 Å². The van der Waals surface area contributed by atoms with Crippen molar-refractivity contribution in [3.8, 4) is 0 Å². The Kier molecular flexibility index (Phi) is 7.00. The van der Waals surface area contributed by atoms with E-state index in [-0.39, 0.29) is 47.2 Å². The number of alkyl halides is 3. The van der Waals surface area contributed by atoms with Gasteiger partial charge < -0.3 is 21.3 Å². The highest BCUT2D eigenvalue weighted by molar-refractivity contribution is 6.04. The number of carbonyl (C=O) groups is 2. The van der Waals surface area contributed by atoms with E-state index in [0.29, 0.717) is 5.84 Å². The number of benzene rings is 1.